The van der Waals surface area contributed by atoms with Crippen LogP contribution in [0.1, 0.15) is 21.6 Å². The Morgan fingerprint density at radius 2 is 2.00 bits per heavy atom. The molecule has 1 aromatic heterocycles. The van der Waals surface area contributed by atoms with Gasteiger partial charge in [0.05, 0.1) is 11.9 Å². The second-order valence-electron chi connectivity index (χ2n) is 4.38. The standard InChI is InChI=1S/C15H14N2O4/c1-10-7-12(14(18)19)16-8-13(10)17-15(20)21-9-11-5-3-2-4-6-11/h2-8H,9H2,1H3,(H,17,20)(H,18,19). The molecule has 1 heterocycles. The van der Waals surface area contributed by atoms with Crippen LogP contribution in [0.5, 0.6) is 0 Å². The van der Waals surface area contributed by atoms with Gasteiger partial charge in [-0.2, -0.15) is 0 Å². The Morgan fingerprint density at radius 3 is 2.62 bits per heavy atom. The number of rotatable bonds is 4. The first kappa shape index (κ1) is 14.5. The molecule has 1 amide bonds. The highest BCUT2D eigenvalue weighted by atomic mass is 16.5. The van der Waals surface area contributed by atoms with E-state index in [0.29, 0.717) is 11.3 Å². The molecule has 1 aromatic carbocycles. The first-order valence-electron chi connectivity index (χ1n) is 6.24. The van der Waals surface area contributed by atoms with E-state index in [1.54, 1.807) is 6.92 Å². The molecule has 0 aliphatic heterocycles. The van der Waals surface area contributed by atoms with Gasteiger partial charge in [0.1, 0.15) is 12.3 Å². The number of anilines is 1. The molecule has 0 aliphatic rings. The van der Waals surface area contributed by atoms with E-state index >= 15 is 0 Å². The molecule has 0 saturated carbocycles. The largest absolute Gasteiger partial charge is 0.477 e. The summed E-state index contributed by atoms with van der Waals surface area (Å²) in [4.78, 5) is 26.2. The summed E-state index contributed by atoms with van der Waals surface area (Å²) in [6.07, 6.45) is 0.676. The number of nitrogens with zero attached hydrogens (tertiary/aromatic N) is 1. The lowest BCUT2D eigenvalue weighted by atomic mass is 10.2. The zero-order valence-electron chi connectivity index (χ0n) is 11.4. The number of benzene rings is 1. The lowest BCUT2D eigenvalue weighted by Gasteiger charge is -2.09. The van der Waals surface area contributed by atoms with Gasteiger partial charge < -0.3 is 9.84 Å². The Bertz CT molecular complexity index is 656. The monoisotopic (exact) mass is 286 g/mol. The molecule has 0 unspecified atom stereocenters. The van der Waals surface area contributed by atoms with Crippen molar-refractivity contribution >= 4 is 17.7 Å². The van der Waals surface area contributed by atoms with E-state index in [9.17, 15) is 9.59 Å². The SMILES string of the molecule is Cc1cc(C(=O)O)ncc1NC(=O)OCc1ccccc1. The van der Waals surface area contributed by atoms with Crippen LogP contribution in [0.4, 0.5) is 10.5 Å². The van der Waals surface area contributed by atoms with Crippen LogP contribution >= 0.6 is 0 Å². The second kappa shape index (κ2) is 6.51. The van der Waals surface area contributed by atoms with Gasteiger partial charge in [0, 0.05) is 0 Å². The number of carboxylic acid groups (broad SMARTS) is 1. The molecular formula is C15H14N2O4. The molecule has 0 spiro atoms. The van der Waals surface area contributed by atoms with Gasteiger partial charge >= 0.3 is 12.1 Å². The number of nitrogens with one attached hydrogen (secondary N) is 1. The highest BCUT2D eigenvalue weighted by Gasteiger charge is 2.10. The maximum Gasteiger partial charge on any atom is 0.412 e. The molecule has 2 N–H and O–H groups in total. The number of hydrogen-bond donors (Lipinski definition) is 2. The van der Waals surface area contributed by atoms with Crippen LogP contribution < -0.4 is 5.32 Å². The highest BCUT2D eigenvalue weighted by Crippen LogP contribution is 2.14. The zero-order chi connectivity index (χ0) is 15.2. The topological polar surface area (TPSA) is 88.5 Å². The van der Waals surface area contributed by atoms with Gasteiger partial charge in [0.15, 0.2) is 0 Å². The van der Waals surface area contributed by atoms with E-state index in [2.05, 4.69) is 10.3 Å². The van der Waals surface area contributed by atoms with Crippen LogP contribution in [-0.4, -0.2) is 22.2 Å². The first-order valence-corrected chi connectivity index (χ1v) is 6.24. The Kier molecular flexibility index (Phi) is 4.50. The number of aryl methyl sites for hydroxylation is 1. The van der Waals surface area contributed by atoms with Gasteiger partial charge in [0.2, 0.25) is 0 Å². The van der Waals surface area contributed by atoms with Gasteiger partial charge in [-0.1, -0.05) is 30.3 Å². The molecule has 0 bridgehead atoms. The molecule has 108 valence electrons. The molecule has 0 saturated heterocycles. The van der Waals surface area contributed by atoms with E-state index in [4.69, 9.17) is 9.84 Å². The zero-order valence-corrected chi connectivity index (χ0v) is 11.4. The van der Waals surface area contributed by atoms with Gasteiger partial charge in [-0.25, -0.2) is 14.6 Å². The minimum atomic E-state index is -1.11. The number of carbonyl (C=O) groups excluding carboxylic acids is 1. The van der Waals surface area contributed by atoms with Crippen molar-refractivity contribution in [2.45, 2.75) is 13.5 Å². The average Bonchev–Trinajstić information content (AvgIpc) is 2.48. The van der Waals surface area contributed by atoms with Crippen LogP contribution in [0, 0.1) is 6.92 Å². The van der Waals surface area contributed by atoms with Crippen molar-refractivity contribution in [2.75, 3.05) is 5.32 Å². The highest BCUT2D eigenvalue weighted by molar-refractivity contribution is 5.88. The fourth-order valence-electron chi connectivity index (χ4n) is 1.67. The first-order chi connectivity index (χ1) is 10.1. The number of carboxylic acids is 1. The van der Waals surface area contributed by atoms with E-state index in [0.717, 1.165) is 5.56 Å². The lowest BCUT2D eigenvalue weighted by Crippen LogP contribution is -2.15. The predicted molar refractivity (Wildman–Crippen MR) is 76.2 cm³/mol. The fraction of sp³-hybridized carbons (Fsp3) is 0.133. The Hall–Kier alpha value is -2.89. The number of aromatic carboxylic acids is 1. The minimum Gasteiger partial charge on any atom is -0.477 e. The summed E-state index contributed by atoms with van der Waals surface area (Å²) >= 11 is 0. The molecule has 0 fully saturated rings. The Labute approximate surface area is 121 Å². The van der Waals surface area contributed by atoms with Crippen LogP contribution in [0.25, 0.3) is 0 Å². The van der Waals surface area contributed by atoms with E-state index in [1.807, 2.05) is 30.3 Å². The number of aromatic nitrogens is 1. The van der Waals surface area contributed by atoms with Crippen molar-refractivity contribution in [3.63, 3.8) is 0 Å². The third kappa shape index (κ3) is 4.04. The van der Waals surface area contributed by atoms with Crippen molar-refractivity contribution in [1.82, 2.24) is 4.98 Å². The molecule has 21 heavy (non-hydrogen) atoms. The van der Waals surface area contributed by atoms with Gasteiger partial charge in [-0.05, 0) is 24.1 Å². The van der Waals surface area contributed by atoms with Crippen molar-refractivity contribution < 1.29 is 19.4 Å². The molecule has 2 aromatic rings. The summed E-state index contributed by atoms with van der Waals surface area (Å²) in [6, 6.07) is 10.7. The molecule has 6 heteroatoms. The smallest absolute Gasteiger partial charge is 0.412 e. The summed E-state index contributed by atoms with van der Waals surface area (Å²) in [7, 11) is 0. The van der Waals surface area contributed by atoms with Gasteiger partial charge in [-0.15, -0.1) is 0 Å². The number of ether oxygens (including phenoxy) is 1. The number of carbonyl (C=O) groups is 2. The summed E-state index contributed by atoms with van der Waals surface area (Å²) in [5, 5.41) is 11.3. The molecule has 0 atom stereocenters. The predicted octanol–water partition coefficient (Wildman–Crippen LogP) is 2.84. The Balaban J connectivity index is 1.95. The quantitative estimate of drug-likeness (QED) is 0.902. The molecule has 2 rings (SSSR count). The normalized spacial score (nSPS) is 9.95. The molecular weight excluding hydrogens is 272 g/mol. The summed E-state index contributed by atoms with van der Waals surface area (Å²) in [5.41, 5.74) is 1.82. The maximum atomic E-state index is 11.7. The van der Waals surface area contributed by atoms with Crippen LogP contribution in [0.3, 0.4) is 0 Å². The summed E-state index contributed by atoms with van der Waals surface area (Å²) in [6.45, 7) is 1.84. The van der Waals surface area contributed by atoms with Crippen molar-refractivity contribution in [2.24, 2.45) is 0 Å². The van der Waals surface area contributed by atoms with Crippen molar-refractivity contribution in [1.29, 1.82) is 0 Å². The average molecular weight is 286 g/mol. The fourth-order valence-corrected chi connectivity index (χ4v) is 1.67. The van der Waals surface area contributed by atoms with Crippen molar-refractivity contribution in [3.05, 3.63) is 59.4 Å². The molecule has 6 nitrogen and oxygen atoms in total. The third-order valence-electron chi connectivity index (χ3n) is 2.78. The van der Waals surface area contributed by atoms with E-state index in [1.165, 1.54) is 12.3 Å². The van der Waals surface area contributed by atoms with Gasteiger partial charge in [0.25, 0.3) is 0 Å². The maximum absolute atomic E-state index is 11.7. The van der Waals surface area contributed by atoms with Crippen LogP contribution in [-0.2, 0) is 11.3 Å². The number of hydrogen-bond acceptors (Lipinski definition) is 4. The third-order valence-corrected chi connectivity index (χ3v) is 2.78. The number of amides is 1. The van der Waals surface area contributed by atoms with Gasteiger partial charge in [-0.3, -0.25) is 5.32 Å². The lowest BCUT2D eigenvalue weighted by molar-refractivity contribution is 0.0690. The van der Waals surface area contributed by atoms with Crippen LogP contribution in [0.2, 0.25) is 0 Å². The Morgan fingerprint density at radius 1 is 1.29 bits per heavy atom. The van der Waals surface area contributed by atoms with Crippen molar-refractivity contribution in [3.8, 4) is 0 Å². The summed E-state index contributed by atoms with van der Waals surface area (Å²) in [5.74, 6) is -1.11. The minimum absolute atomic E-state index is 0.0734. The summed E-state index contributed by atoms with van der Waals surface area (Å²) < 4.78 is 5.07. The van der Waals surface area contributed by atoms with Crippen LogP contribution in [0.15, 0.2) is 42.6 Å². The van der Waals surface area contributed by atoms with E-state index in [-0.39, 0.29) is 12.3 Å². The second-order valence-corrected chi connectivity index (χ2v) is 4.38. The molecule has 0 aliphatic carbocycles. The molecule has 0 radical (unpaired) electrons. The van der Waals surface area contributed by atoms with E-state index < -0.39 is 12.1 Å². The number of pyridine rings is 1.